The minimum absolute atomic E-state index is 0.0509. The van der Waals surface area contributed by atoms with Crippen LogP contribution in [0.4, 0.5) is 0 Å². The van der Waals surface area contributed by atoms with Crippen molar-refractivity contribution in [1.82, 2.24) is 9.88 Å². The molecule has 0 atom stereocenters. The zero-order valence-electron chi connectivity index (χ0n) is 10.4. The first-order valence-electron chi connectivity index (χ1n) is 5.97. The molecule has 0 N–H and O–H groups in total. The van der Waals surface area contributed by atoms with Crippen LogP contribution in [0.2, 0.25) is 0 Å². The van der Waals surface area contributed by atoms with Gasteiger partial charge in [-0.2, -0.15) is 0 Å². The molecule has 0 radical (unpaired) electrons. The van der Waals surface area contributed by atoms with Gasteiger partial charge in [-0.3, -0.25) is 4.79 Å². The standard InChI is InChI=1S/C13H18N2OS/c1-4-12(16)15-7-5-11(6-8-15)13-14-9(2)10(3)17-13/h4,11H,1,5-8H2,2-3H3. The number of carbonyl (C=O) groups excluding carboxylic acids is 1. The van der Waals surface area contributed by atoms with Gasteiger partial charge in [-0.05, 0) is 32.8 Å². The molecular formula is C13H18N2OS. The highest BCUT2D eigenvalue weighted by Crippen LogP contribution is 2.32. The summed E-state index contributed by atoms with van der Waals surface area (Å²) in [5.74, 6) is 0.580. The fourth-order valence-electron chi connectivity index (χ4n) is 2.15. The first kappa shape index (κ1) is 12.3. The number of piperidine rings is 1. The first-order chi connectivity index (χ1) is 8.11. The Kier molecular flexibility index (Phi) is 3.62. The Morgan fingerprint density at radius 2 is 2.12 bits per heavy atom. The third-order valence-corrected chi connectivity index (χ3v) is 4.61. The summed E-state index contributed by atoms with van der Waals surface area (Å²) in [4.78, 5) is 19.3. The summed E-state index contributed by atoms with van der Waals surface area (Å²) in [7, 11) is 0. The van der Waals surface area contributed by atoms with Crippen molar-refractivity contribution >= 4 is 17.2 Å². The quantitative estimate of drug-likeness (QED) is 0.756. The van der Waals surface area contributed by atoms with Gasteiger partial charge in [0.15, 0.2) is 0 Å². The van der Waals surface area contributed by atoms with Gasteiger partial charge in [0.1, 0.15) is 0 Å². The molecule has 1 aliphatic heterocycles. The average molecular weight is 250 g/mol. The number of nitrogens with zero attached hydrogens (tertiary/aromatic N) is 2. The Labute approximate surface area is 106 Å². The zero-order chi connectivity index (χ0) is 12.4. The van der Waals surface area contributed by atoms with Gasteiger partial charge in [-0.25, -0.2) is 4.98 Å². The molecule has 1 fully saturated rings. The fraction of sp³-hybridized carbons (Fsp3) is 0.538. The number of aryl methyl sites for hydroxylation is 2. The van der Waals surface area contributed by atoms with Crippen LogP contribution in [-0.4, -0.2) is 28.9 Å². The Balaban J connectivity index is 1.99. The van der Waals surface area contributed by atoms with Gasteiger partial charge < -0.3 is 4.90 Å². The molecule has 0 spiro atoms. The van der Waals surface area contributed by atoms with Crippen LogP contribution in [0.25, 0.3) is 0 Å². The second-order valence-corrected chi connectivity index (χ2v) is 5.73. The van der Waals surface area contributed by atoms with Crippen LogP contribution in [0.15, 0.2) is 12.7 Å². The van der Waals surface area contributed by atoms with E-state index in [1.54, 1.807) is 11.3 Å². The lowest BCUT2D eigenvalue weighted by Crippen LogP contribution is -2.36. The van der Waals surface area contributed by atoms with Crippen LogP contribution in [0, 0.1) is 13.8 Å². The molecule has 1 aromatic rings. The Morgan fingerprint density at radius 3 is 2.59 bits per heavy atom. The summed E-state index contributed by atoms with van der Waals surface area (Å²) < 4.78 is 0. The molecule has 1 aliphatic rings. The maximum atomic E-state index is 11.5. The third kappa shape index (κ3) is 2.57. The number of hydrogen-bond donors (Lipinski definition) is 0. The van der Waals surface area contributed by atoms with Crippen LogP contribution in [-0.2, 0) is 4.79 Å². The minimum Gasteiger partial charge on any atom is -0.339 e. The van der Waals surface area contributed by atoms with Crippen LogP contribution < -0.4 is 0 Å². The van der Waals surface area contributed by atoms with E-state index >= 15 is 0 Å². The largest absolute Gasteiger partial charge is 0.339 e. The molecule has 0 unspecified atom stereocenters. The lowest BCUT2D eigenvalue weighted by atomic mass is 9.97. The van der Waals surface area contributed by atoms with Crippen molar-refractivity contribution in [1.29, 1.82) is 0 Å². The minimum atomic E-state index is 0.0509. The molecule has 1 saturated heterocycles. The summed E-state index contributed by atoms with van der Waals surface area (Å²) in [6, 6.07) is 0. The van der Waals surface area contributed by atoms with E-state index in [1.165, 1.54) is 16.0 Å². The van der Waals surface area contributed by atoms with Gasteiger partial charge >= 0.3 is 0 Å². The number of rotatable bonds is 2. The second kappa shape index (κ2) is 5.00. The maximum Gasteiger partial charge on any atom is 0.245 e. The second-order valence-electron chi connectivity index (χ2n) is 4.50. The fourth-order valence-corrected chi connectivity index (χ4v) is 3.24. The highest BCUT2D eigenvalue weighted by atomic mass is 32.1. The normalized spacial score (nSPS) is 17.2. The molecule has 2 rings (SSSR count). The smallest absolute Gasteiger partial charge is 0.245 e. The number of amides is 1. The van der Waals surface area contributed by atoms with Crippen molar-refractivity contribution in [2.24, 2.45) is 0 Å². The van der Waals surface area contributed by atoms with Crippen molar-refractivity contribution in [2.45, 2.75) is 32.6 Å². The van der Waals surface area contributed by atoms with Crippen molar-refractivity contribution in [3.8, 4) is 0 Å². The average Bonchev–Trinajstić information content (AvgIpc) is 2.69. The lowest BCUT2D eigenvalue weighted by Gasteiger charge is -2.30. The van der Waals surface area contributed by atoms with E-state index in [0.717, 1.165) is 31.6 Å². The number of carbonyl (C=O) groups is 1. The molecule has 92 valence electrons. The predicted octanol–water partition coefficient (Wildman–Crippen LogP) is 2.65. The van der Waals surface area contributed by atoms with Gasteiger partial charge in [0.05, 0.1) is 10.7 Å². The lowest BCUT2D eigenvalue weighted by molar-refractivity contribution is -0.127. The van der Waals surface area contributed by atoms with Crippen LogP contribution in [0.1, 0.15) is 34.3 Å². The molecule has 1 amide bonds. The molecular weight excluding hydrogens is 232 g/mol. The molecule has 0 bridgehead atoms. The Morgan fingerprint density at radius 1 is 1.47 bits per heavy atom. The molecule has 0 aliphatic carbocycles. The monoisotopic (exact) mass is 250 g/mol. The highest BCUT2D eigenvalue weighted by molar-refractivity contribution is 7.11. The van der Waals surface area contributed by atoms with E-state index in [1.807, 2.05) is 4.90 Å². The number of thiazole rings is 1. The van der Waals surface area contributed by atoms with Crippen molar-refractivity contribution in [2.75, 3.05) is 13.1 Å². The van der Waals surface area contributed by atoms with Gasteiger partial charge in [0.25, 0.3) is 0 Å². The number of likely N-dealkylation sites (tertiary alicyclic amines) is 1. The Bertz CT molecular complexity index is 411. The van der Waals surface area contributed by atoms with E-state index in [-0.39, 0.29) is 5.91 Å². The topological polar surface area (TPSA) is 33.2 Å². The third-order valence-electron chi connectivity index (χ3n) is 3.38. The first-order valence-corrected chi connectivity index (χ1v) is 6.78. The van der Waals surface area contributed by atoms with Crippen LogP contribution >= 0.6 is 11.3 Å². The summed E-state index contributed by atoms with van der Waals surface area (Å²) in [6.07, 6.45) is 3.44. The number of hydrogen-bond acceptors (Lipinski definition) is 3. The molecule has 1 aromatic heterocycles. The summed E-state index contributed by atoms with van der Waals surface area (Å²) >= 11 is 1.80. The molecule has 2 heterocycles. The maximum absolute atomic E-state index is 11.5. The van der Waals surface area contributed by atoms with Crippen molar-refractivity contribution in [3.63, 3.8) is 0 Å². The molecule has 4 heteroatoms. The van der Waals surface area contributed by atoms with E-state index in [2.05, 4.69) is 25.4 Å². The zero-order valence-corrected chi connectivity index (χ0v) is 11.2. The highest BCUT2D eigenvalue weighted by Gasteiger charge is 2.24. The SMILES string of the molecule is C=CC(=O)N1CCC(c2nc(C)c(C)s2)CC1. The van der Waals surface area contributed by atoms with E-state index in [0.29, 0.717) is 5.92 Å². The summed E-state index contributed by atoms with van der Waals surface area (Å²) in [5, 5.41) is 1.24. The van der Waals surface area contributed by atoms with E-state index in [4.69, 9.17) is 0 Å². The molecule has 17 heavy (non-hydrogen) atoms. The number of aromatic nitrogens is 1. The Hall–Kier alpha value is -1.16. The molecule has 3 nitrogen and oxygen atoms in total. The van der Waals surface area contributed by atoms with Crippen molar-refractivity contribution in [3.05, 3.63) is 28.2 Å². The van der Waals surface area contributed by atoms with Crippen LogP contribution in [0.5, 0.6) is 0 Å². The van der Waals surface area contributed by atoms with Gasteiger partial charge in [0.2, 0.25) is 5.91 Å². The van der Waals surface area contributed by atoms with Crippen molar-refractivity contribution < 1.29 is 4.79 Å². The van der Waals surface area contributed by atoms with Gasteiger partial charge in [-0.1, -0.05) is 6.58 Å². The summed E-state index contributed by atoms with van der Waals surface area (Å²) in [6.45, 7) is 9.36. The molecule has 0 aromatic carbocycles. The van der Waals surface area contributed by atoms with Gasteiger partial charge in [0, 0.05) is 23.9 Å². The molecule has 0 saturated carbocycles. The summed E-state index contributed by atoms with van der Waals surface area (Å²) in [5.41, 5.74) is 1.15. The predicted molar refractivity (Wildman–Crippen MR) is 70.3 cm³/mol. The van der Waals surface area contributed by atoms with Gasteiger partial charge in [-0.15, -0.1) is 11.3 Å². The van der Waals surface area contributed by atoms with Crippen LogP contribution in [0.3, 0.4) is 0 Å². The van der Waals surface area contributed by atoms with E-state index < -0.39 is 0 Å². The van der Waals surface area contributed by atoms with E-state index in [9.17, 15) is 4.79 Å².